The number of hydrogen-bond donors (Lipinski definition) is 1. The normalized spacial score (nSPS) is 15.3. The highest BCUT2D eigenvalue weighted by atomic mass is 32.2. The van der Waals surface area contributed by atoms with Gasteiger partial charge in [0.25, 0.3) is 5.91 Å². The number of sulfonamides is 1. The van der Waals surface area contributed by atoms with Crippen LogP contribution in [0.3, 0.4) is 0 Å². The molecule has 0 radical (unpaired) electrons. The maximum Gasteiger partial charge on any atom is 0.387 e. The van der Waals surface area contributed by atoms with Gasteiger partial charge in [0.15, 0.2) is 6.61 Å². The van der Waals surface area contributed by atoms with Crippen molar-refractivity contribution in [3.8, 4) is 5.75 Å². The molecule has 0 aliphatic carbocycles. The largest absolute Gasteiger partial charge is 0.452 e. The van der Waals surface area contributed by atoms with Crippen LogP contribution in [0.4, 0.5) is 14.5 Å². The summed E-state index contributed by atoms with van der Waals surface area (Å²) in [5.41, 5.74) is 0.404. The Hall–Kier alpha value is -3.05. The van der Waals surface area contributed by atoms with Crippen LogP contribution in [0, 0.1) is 5.92 Å². The van der Waals surface area contributed by atoms with E-state index >= 15 is 0 Å². The monoisotopic (exact) mass is 482 g/mol. The minimum atomic E-state index is -3.63. The fraction of sp³-hybridized carbons (Fsp3) is 0.364. The molecule has 0 bridgehead atoms. The van der Waals surface area contributed by atoms with Crippen molar-refractivity contribution >= 4 is 27.6 Å². The third-order valence-electron chi connectivity index (χ3n) is 5.17. The summed E-state index contributed by atoms with van der Waals surface area (Å²) in [7, 11) is -3.63. The Morgan fingerprint density at radius 3 is 2.24 bits per heavy atom. The van der Waals surface area contributed by atoms with Crippen LogP contribution in [0.2, 0.25) is 0 Å². The van der Waals surface area contributed by atoms with Crippen LogP contribution in [0.5, 0.6) is 5.75 Å². The summed E-state index contributed by atoms with van der Waals surface area (Å²) in [5.74, 6) is -0.995. The second-order valence-electron chi connectivity index (χ2n) is 7.64. The van der Waals surface area contributed by atoms with Crippen molar-refractivity contribution in [2.75, 3.05) is 25.0 Å². The number of carbonyl (C=O) groups excluding carboxylic acids is 2. The fourth-order valence-corrected chi connectivity index (χ4v) is 4.74. The molecule has 0 saturated carbocycles. The van der Waals surface area contributed by atoms with E-state index in [-0.39, 0.29) is 16.2 Å². The van der Waals surface area contributed by atoms with E-state index in [2.05, 4.69) is 17.0 Å². The Morgan fingerprint density at radius 2 is 1.67 bits per heavy atom. The van der Waals surface area contributed by atoms with Gasteiger partial charge in [0.1, 0.15) is 5.75 Å². The summed E-state index contributed by atoms with van der Waals surface area (Å²) in [4.78, 5) is 24.3. The van der Waals surface area contributed by atoms with E-state index in [1.54, 1.807) is 0 Å². The Bertz CT molecular complexity index is 1070. The number of benzene rings is 2. The van der Waals surface area contributed by atoms with E-state index in [0.29, 0.717) is 24.7 Å². The predicted octanol–water partition coefficient (Wildman–Crippen LogP) is 3.50. The SMILES string of the molecule is CC1CCN(S(=O)(=O)c2ccc(C(=O)OCC(=O)Nc3ccc(OC(F)F)cc3)cc2)CC1. The van der Waals surface area contributed by atoms with Crippen LogP contribution in [-0.2, 0) is 19.6 Å². The molecule has 33 heavy (non-hydrogen) atoms. The van der Waals surface area contributed by atoms with Crippen LogP contribution in [0.1, 0.15) is 30.1 Å². The second kappa shape index (κ2) is 10.7. The molecule has 178 valence electrons. The van der Waals surface area contributed by atoms with E-state index in [1.165, 1.54) is 52.8 Å². The first-order chi connectivity index (χ1) is 15.6. The van der Waals surface area contributed by atoms with Gasteiger partial charge in [-0.2, -0.15) is 13.1 Å². The highest BCUT2D eigenvalue weighted by Gasteiger charge is 2.28. The number of hydrogen-bond acceptors (Lipinski definition) is 6. The summed E-state index contributed by atoms with van der Waals surface area (Å²) in [6.45, 7) is -0.520. The van der Waals surface area contributed by atoms with Gasteiger partial charge >= 0.3 is 12.6 Å². The summed E-state index contributed by atoms with van der Waals surface area (Å²) >= 11 is 0. The predicted molar refractivity (Wildman–Crippen MR) is 116 cm³/mol. The van der Waals surface area contributed by atoms with E-state index in [0.717, 1.165) is 12.8 Å². The van der Waals surface area contributed by atoms with E-state index < -0.39 is 35.1 Å². The molecule has 1 amide bonds. The number of amides is 1. The van der Waals surface area contributed by atoms with Gasteiger partial charge in [-0.05, 0) is 67.3 Å². The van der Waals surface area contributed by atoms with Gasteiger partial charge in [0, 0.05) is 18.8 Å². The van der Waals surface area contributed by atoms with E-state index in [1.807, 2.05) is 0 Å². The van der Waals surface area contributed by atoms with Gasteiger partial charge in [0.2, 0.25) is 10.0 Å². The molecule has 3 rings (SSSR count). The molecule has 2 aromatic rings. The lowest BCUT2D eigenvalue weighted by Gasteiger charge is -2.29. The lowest BCUT2D eigenvalue weighted by Crippen LogP contribution is -2.37. The maximum atomic E-state index is 12.7. The van der Waals surface area contributed by atoms with Crippen LogP contribution in [-0.4, -0.2) is 50.9 Å². The van der Waals surface area contributed by atoms with Crippen molar-refractivity contribution in [1.82, 2.24) is 4.31 Å². The zero-order valence-corrected chi connectivity index (χ0v) is 18.7. The molecule has 1 heterocycles. The number of rotatable bonds is 8. The topological polar surface area (TPSA) is 102 Å². The molecular weight excluding hydrogens is 458 g/mol. The molecule has 0 aromatic heterocycles. The van der Waals surface area contributed by atoms with Crippen LogP contribution in [0.15, 0.2) is 53.4 Å². The Labute approximate surface area is 190 Å². The molecule has 2 aromatic carbocycles. The minimum absolute atomic E-state index is 0.0604. The van der Waals surface area contributed by atoms with Crippen LogP contribution < -0.4 is 10.1 Å². The number of anilines is 1. The lowest BCUT2D eigenvalue weighted by molar-refractivity contribution is -0.119. The minimum Gasteiger partial charge on any atom is -0.452 e. The third kappa shape index (κ3) is 6.72. The van der Waals surface area contributed by atoms with E-state index in [4.69, 9.17) is 4.74 Å². The first-order valence-electron chi connectivity index (χ1n) is 10.3. The molecule has 1 aliphatic heterocycles. The van der Waals surface area contributed by atoms with Gasteiger partial charge in [-0.15, -0.1) is 0 Å². The smallest absolute Gasteiger partial charge is 0.387 e. The summed E-state index contributed by atoms with van der Waals surface area (Å²) in [6.07, 6.45) is 1.61. The number of piperidine rings is 1. The van der Waals surface area contributed by atoms with Gasteiger partial charge in [-0.25, -0.2) is 13.2 Å². The molecule has 1 aliphatic rings. The maximum absolute atomic E-state index is 12.7. The highest BCUT2D eigenvalue weighted by Crippen LogP contribution is 2.24. The van der Waals surface area contributed by atoms with Crippen molar-refractivity contribution in [2.24, 2.45) is 5.92 Å². The van der Waals surface area contributed by atoms with Gasteiger partial charge < -0.3 is 14.8 Å². The zero-order valence-electron chi connectivity index (χ0n) is 17.9. The second-order valence-corrected chi connectivity index (χ2v) is 9.58. The van der Waals surface area contributed by atoms with Crippen molar-refractivity contribution in [1.29, 1.82) is 0 Å². The first-order valence-corrected chi connectivity index (χ1v) is 11.7. The number of nitrogens with one attached hydrogen (secondary N) is 1. The molecule has 11 heteroatoms. The number of nitrogens with zero attached hydrogens (tertiary/aromatic N) is 1. The van der Waals surface area contributed by atoms with Crippen molar-refractivity contribution in [3.05, 3.63) is 54.1 Å². The zero-order chi connectivity index (χ0) is 24.0. The van der Waals surface area contributed by atoms with Crippen molar-refractivity contribution in [2.45, 2.75) is 31.3 Å². The summed E-state index contributed by atoms with van der Waals surface area (Å²) < 4.78 is 60.4. The average molecular weight is 483 g/mol. The summed E-state index contributed by atoms with van der Waals surface area (Å²) in [5, 5.41) is 2.45. The molecule has 8 nitrogen and oxygen atoms in total. The number of carbonyl (C=O) groups is 2. The first kappa shape index (κ1) is 24.6. The average Bonchev–Trinajstić information content (AvgIpc) is 2.79. The molecule has 1 saturated heterocycles. The number of esters is 1. The van der Waals surface area contributed by atoms with Crippen LogP contribution in [0.25, 0.3) is 0 Å². The summed E-state index contributed by atoms with van der Waals surface area (Å²) in [6, 6.07) is 10.6. The van der Waals surface area contributed by atoms with Gasteiger partial charge in [0.05, 0.1) is 10.5 Å². The number of ether oxygens (including phenoxy) is 2. The lowest BCUT2D eigenvalue weighted by atomic mass is 10.0. The fourth-order valence-electron chi connectivity index (χ4n) is 3.27. The van der Waals surface area contributed by atoms with E-state index in [9.17, 15) is 26.8 Å². The highest BCUT2D eigenvalue weighted by molar-refractivity contribution is 7.89. The molecule has 0 unspecified atom stereocenters. The Morgan fingerprint density at radius 1 is 1.06 bits per heavy atom. The Balaban J connectivity index is 1.51. The van der Waals surface area contributed by atoms with Crippen molar-refractivity contribution in [3.63, 3.8) is 0 Å². The molecule has 1 N–H and O–H groups in total. The van der Waals surface area contributed by atoms with Gasteiger partial charge in [-0.1, -0.05) is 6.92 Å². The van der Waals surface area contributed by atoms with Crippen LogP contribution >= 0.6 is 0 Å². The third-order valence-corrected chi connectivity index (χ3v) is 7.08. The Kier molecular flexibility index (Phi) is 7.98. The van der Waals surface area contributed by atoms with Crippen molar-refractivity contribution < 1.29 is 36.3 Å². The molecule has 0 spiro atoms. The number of alkyl halides is 2. The molecule has 0 atom stereocenters. The standard InChI is InChI=1S/C22H24F2N2O6S/c1-15-10-12-26(13-11-15)33(29,30)19-8-2-16(3-9-19)21(28)31-14-20(27)25-17-4-6-18(7-5-17)32-22(23)24/h2-9,15,22H,10-14H2,1H3,(H,25,27). The van der Waals surface area contributed by atoms with Gasteiger partial charge in [-0.3, -0.25) is 4.79 Å². The molecule has 1 fully saturated rings. The molecular formula is C22H24F2N2O6S. The number of halogens is 2. The quantitative estimate of drug-likeness (QED) is 0.578.